The number of anilines is 2. The molecule has 130 valence electrons. The van der Waals surface area contributed by atoms with Crippen LogP contribution in [0.15, 0.2) is 18.3 Å². The molecular weight excluding hydrogens is 363 g/mol. The van der Waals surface area contributed by atoms with E-state index in [0.29, 0.717) is 32.7 Å². The Morgan fingerprint density at radius 3 is 2.64 bits per heavy atom. The molecule has 4 rings (SSSR count). The van der Waals surface area contributed by atoms with Crippen molar-refractivity contribution in [3.63, 3.8) is 0 Å². The highest BCUT2D eigenvalue weighted by atomic mass is 35.5. The first kappa shape index (κ1) is 16.4. The Kier molecular flexibility index (Phi) is 3.43. The third-order valence-electron chi connectivity index (χ3n) is 4.92. The van der Waals surface area contributed by atoms with Gasteiger partial charge in [-0.3, -0.25) is 9.59 Å². The predicted octanol–water partition coefficient (Wildman–Crippen LogP) is 3.38. The van der Waals surface area contributed by atoms with Crippen LogP contribution in [0.1, 0.15) is 37.4 Å². The van der Waals surface area contributed by atoms with Crippen molar-refractivity contribution in [2.24, 2.45) is 0 Å². The van der Waals surface area contributed by atoms with E-state index < -0.39 is 5.41 Å². The number of hydrogen-bond donors (Lipinski definition) is 1. The highest BCUT2D eigenvalue weighted by Gasteiger charge is 2.57. The molecule has 1 aromatic carbocycles. The van der Waals surface area contributed by atoms with Crippen molar-refractivity contribution >= 4 is 46.5 Å². The average molecular weight is 379 g/mol. The molecule has 8 heteroatoms. The van der Waals surface area contributed by atoms with Crippen LogP contribution in [-0.4, -0.2) is 28.6 Å². The number of likely N-dealkylation sites (N-methyl/N-ethyl adjacent to an activating group) is 1. The standard InChI is InChI=1S/C17H16Cl2N4O2/c1-8(2)23-15-11(7-20-23)17(6-13(24)21-15)10-4-9(18)5-12(19)14(10)22(3)16(17)25/h4-5,7-8H,6H2,1-3H3,(H,21,24). The van der Waals surface area contributed by atoms with E-state index in [-0.39, 0.29) is 24.3 Å². The first-order valence-corrected chi connectivity index (χ1v) is 8.68. The lowest BCUT2D eigenvalue weighted by Crippen LogP contribution is -2.45. The second-order valence-electron chi connectivity index (χ2n) is 6.72. The molecule has 0 aliphatic carbocycles. The largest absolute Gasteiger partial charge is 0.313 e. The minimum atomic E-state index is -1.15. The van der Waals surface area contributed by atoms with Crippen molar-refractivity contribution < 1.29 is 9.59 Å². The molecule has 2 aliphatic heterocycles. The summed E-state index contributed by atoms with van der Waals surface area (Å²) in [6.45, 7) is 3.93. The van der Waals surface area contributed by atoms with Crippen molar-refractivity contribution in [1.29, 1.82) is 0 Å². The first-order valence-electron chi connectivity index (χ1n) is 7.93. The highest BCUT2D eigenvalue weighted by molar-refractivity contribution is 6.38. The normalized spacial score (nSPS) is 21.8. The topological polar surface area (TPSA) is 67.2 Å². The number of nitrogens with zero attached hydrogens (tertiary/aromatic N) is 3. The molecule has 0 fully saturated rings. The lowest BCUT2D eigenvalue weighted by atomic mass is 9.72. The van der Waals surface area contributed by atoms with E-state index >= 15 is 0 Å². The van der Waals surface area contributed by atoms with E-state index in [1.165, 1.54) is 4.90 Å². The van der Waals surface area contributed by atoms with Gasteiger partial charge >= 0.3 is 0 Å². The summed E-state index contributed by atoms with van der Waals surface area (Å²) in [6.07, 6.45) is 1.65. The molecule has 0 bridgehead atoms. The van der Waals surface area contributed by atoms with Crippen LogP contribution in [0.3, 0.4) is 0 Å². The van der Waals surface area contributed by atoms with E-state index in [2.05, 4.69) is 10.4 Å². The summed E-state index contributed by atoms with van der Waals surface area (Å²) < 4.78 is 1.71. The molecule has 3 heterocycles. The summed E-state index contributed by atoms with van der Waals surface area (Å²) in [4.78, 5) is 27.3. The molecule has 1 aromatic heterocycles. The van der Waals surface area contributed by atoms with Gasteiger partial charge in [0.15, 0.2) is 0 Å². The Morgan fingerprint density at radius 1 is 1.24 bits per heavy atom. The van der Waals surface area contributed by atoms with Crippen molar-refractivity contribution in [3.8, 4) is 0 Å². The van der Waals surface area contributed by atoms with Gasteiger partial charge in [0.25, 0.3) is 0 Å². The Balaban J connectivity index is 2.07. The van der Waals surface area contributed by atoms with E-state index in [1.807, 2.05) is 13.8 Å². The van der Waals surface area contributed by atoms with Gasteiger partial charge in [-0.25, -0.2) is 4.68 Å². The van der Waals surface area contributed by atoms with Gasteiger partial charge in [0.05, 0.1) is 16.9 Å². The molecule has 1 N–H and O–H groups in total. The van der Waals surface area contributed by atoms with Gasteiger partial charge in [-0.1, -0.05) is 23.2 Å². The number of carbonyl (C=O) groups excluding carboxylic acids is 2. The van der Waals surface area contributed by atoms with Gasteiger partial charge in [-0.15, -0.1) is 0 Å². The second kappa shape index (κ2) is 5.22. The van der Waals surface area contributed by atoms with Gasteiger partial charge in [-0.05, 0) is 31.5 Å². The van der Waals surface area contributed by atoms with Crippen LogP contribution in [0.5, 0.6) is 0 Å². The van der Waals surface area contributed by atoms with Crippen LogP contribution in [-0.2, 0) is 15.0 Å². The molecule has 6 nitrogen and oxygen atoms in total. The van der Waals surface area contributed by atoms with Crippen LogP contribution < -0.4 is 10.2 Å². The van der Waals surface area contributed by atoms with Crippen LogP contribution in [0.2, 0.25) is 10.0 Å². The fourth-order valence-electron chi connectivity index (χ4n) is 3.87. The third-order valence-corrected chi connectivity index (χ3v) is 5.43. The third kappa shape index (κ3) is 2.01. The molecule has 2 aromatic rings. The maximum atomic E-state index is 13.3. The molecule has 1 unspecified atom stereocenters. The van der Waals surface area contributed by atoms with Gasteiger partial charge < -0.3 is 10.2 Å². The van der Waals surface area contributed by atoms with Crippen LogP contribution in [0.4, 0.5) is 11.5 Å². The van der Waals surface area contributed by atoms with Crippen LogP contribution in [0.25, 0.3) is 0 Å². The monoisotopic (exact) mass is 378 g/mol. The average Bonchev–Trinajstić information content (AvgIpc) is 3.03. The fourth-order valence-corrected chi connectivity index (χ4v) is 4.49. The molecule has 0 radical (unpaired) electrons. The van der Waals surface area contributed by atoms with Crippen LogP contribution in [0, 0.1) is 0 Å². The molecule has 2 amide bonds. The van der Waals surface area contributed by atoms with E-state index in [0.717, 1.165) is 0 Å². The minimum Gasteiger partial charge on any atom is -0.313 e. The molecule has 1 atom stereocenters. The molecule has 1 spiro atoms. The number of benzene rings is 1. The summed E-state index contributed by atoms with van der Waals surface area (Å²) in [5.41, 5.74) is 0.768. The van der Waals surface area contributed by atoms with Crippen molar-refractivity contribution in [2.75, 3.05) is 17.3 Å². The molecule has 0 saturated carbocycles. The zero-order chi connectivity index (χ0) is 18.1. The Bertz CT molecular complexity index is 937. The number of hydrogen-bond acceptors (Lipinski definition) is 3. The van der Waals surface area contributed by atoms with Crippen molar-refractivity contribution in [1.82, 2.24) is 9.78 Å². The minimum absolute atomic E-state index is 0.00334. The Morgan fingerprint density at radius 2 is 1.96 bits per heavy atom. The Hall–Kier alpha value is -2.05. The number of fused-ring (bicyclic) bond motifs is 4. The van der Waals surface area contributed by atoms with E-state index in [1.54, 1.807) is 30.1 Å². The summed E-state index contributed by atoms with van der Waals surface area (Å²) in [7, 11) is 1.66. The number of nitrogens with one attached hydrogen (secondary N) is 1. The quantitative estimate of drug-likeness (QED) is 0.826. The number of rotatable bonds is 1. The number of amides is 2. The molecule has 2 aliphatic rings. The maximum absolute atomic E-state index is 13.3. The zero-order valence-electron chi connectivity index (χ0n) is 13.9. The number of halogens is 2. The molecular formula is C17H16Cl2N4O2. The summed E-state index contributed by atoms with van der Waals surface area (Å²) in [5.74, 6) is 0.114. The first-order chi connectivity index (χ1) is 11.8. The SMILES string of the molecule is CC(C)n1ncc2c1NC(=O)CC21C(=O)N(C)c2c(Cl)cc(Cl)cc21. The van der Waals surface area contributed by atoms with Gasteiger partial charge in [0, 0.05) is 30.1 Å². The summed E-state index contributed by atoms with van der Waals surface area (Å²) in [5, 5.41) is 8.07. The summed E-state index contributed by atoms with van der Waals surface area (Å²) in [6, 6.07) is 3.36. The maximum Gasteiger partial charge on any atom is 0.242 e. The smallest absolute Gasteiger partial charge is 0.242 e. The lowest BCUT2D eigenvalue weighted by molar-refractivity contribution is -0.126. The second-order valence-corrected chi connectivity index (χ2v) is 7.57. The lowest BCUT2D eigenvalue weighted by Gasteiger charge is -2.32. The number of carbonyl (C=O) groups is 2. The van der Waals surface area contributed by atoms with Gasteiger partial charge in [-0.2, -0.15) is 5.10 Å². The summed E-state index contributed by atoms with van der Waals surface area (Å²) >= 11 is 12.6. The Labute approximate surface area is 154 Å². The number of aromatic nitrogens is 2. The van der Waals surface area contributed by atoms with Crippen LogP contribution >= 0.6 is 23.2 Å². The van der Waals surface area contributed by atoms with Crippen molar-refractivity contribution in [3.05, 3.63) is 39.5 Å². The molecule has 0 saturated heterocycles. The zero-order valence-corrected chi connectivity index (χ0v) is 15.4. The molecule has 25 heavy (non-hydrogen) atoms. The van der Waals surface area contributed by atoms with E-state index in [9.17, 15) is 9.59 Å². The van der Waals surface area contributed by atoms with Gasteiger partial charge in [0.2, 0.25) is 11.8 Å². The van der Waals surface area contributed by atoms with Crippen molar-refractivity contribution in [2.45, 2.75) is 31.7 Å². The highest BCUT2D eigenvalue weighted by Crippen LogP contribution is 2.54. The fraction of sp³-hybridized carbons (Fsp3) is 0.353. The predicted molar refractivity (Wildman–Crippen MR) is 96.5 cm³/mol. The van der Waals surface area contributed by atoms with E-state index in [4.69, 9.17) is 23.2 Å². The van der Waals surface area contributed by atoms with Gasteiger partial charge in [0.1, 0.15) is 11.2 Å².